The molecule has 2 rings (SSSR count). The van der Waals surface area contributed by atoms with Crippen LogP contribution in [0.25, 0.3) is 0 Å². The summed E-state index contributed by atoms with van der Waals surface area (Å²) in [4.78, 5) is 0. The van der Waals surface area contributed by atoms with Gasteiger partial charge in [0.05, 0.1) is 13.7 Å². The molecule has 0 amide bonds. The van der Waals surface area contributed by atoms with E-state index in [1.165, 1.54) is 17.5 Å². The van der Waals surface area contributed by atoms with Crippen molar-refractivity contribution >= 4 is 0 Å². The number of nitrogens with two attached hydrogens (primary N) is 1. The molecule has 94 valence electrons. The maximum atomic E-state index is 5.96. The summed E-state index contributed by atoms with van der Waals surface area (Å²) in [5.74, 6) is 0.954. The van der Waals surface area contributed by atoms with Gasteiger partial charge in [-0.3, -0.25) is 0 Å². The summed E-state index contributed by atoms with van der Waals surface area (Å²) in [6, 6.07) is 6.27. The van der Waals surface area contributed by atoms with E-state index in [0.717, 1.165) is 18.6 Å². The Hall–Kier alpha value is -1.06. The number of hydrogen-bond acceptors (Lipinski definition) is 3. The van der Waals surface area contributed by atoms with Crippen molar-refractivity contribution in [3.63, 3.8) is 0 Å². The molecule has 0 unspecified atom stereocenters. The summed E-state index contributed by atoms with van der Waals surface area (Å²) in [7, 11) is 3.43. The smallest absolute Gasteiger partial charge is 0.122 e. The van der Waals surface area contributed by atoms with Gasteiger partial charge in [0.1, 0.15) is 5.75 Å². The third-order valence-electron chi connectivity index (χ3n) is 3.85. The Kier molecular flexibility index (Phi) is 3.69. The fourth-order valence-electron chi connectivity index (χ4n) is 2.61. The summed E-state index contributed by atoms with van der Waals surface area (Å²) < 4.78 is 10.6. The quantitative estimate of drug-likeness (QED) is 0.851. The van der Waals surface area contributed by atoms with Crippen molar-refractivity contribution < 1.29 is 9.47 Å². The minimum Gasteiger partial charge on any atom is -0.496 e. The Bertz CT molecular complexity index is 380. The minimum atomic E-state index is 0.134. The highest BCUT2D eigenvalue weighted by molar-refractivity contribution is 5.44. The number of hydrogen-bond donors (Lipinski definition) is 1. The van der Waals surface area contributed by atoms with Crippen molar-refractivity contribution in [3.05, 3.63) is 29.3 Å². The zero-order valence-corrected chi connectivity index (χ0v) is 10.7. The molecule has 1 aromatic carbocycles. The van der Waals surface area contributed by atoms with E-state index in [9.17, 15) is 0 Å². The van der Waals surface area contributed by atoms with Crippen molar-refractivity contribution in [1.29, 1.82) is 0 Å². The maximum absolute atomic E-state index is 5.96. The van der Waals surface area contributed by atoms with Gasteiger partial charge in [0.15, 0.2) is 0 Å². The van der Waals surface area contributed by atoms with E-state index >= 15 is 0 Å². The molecule has 0 heterocycles. The van der Waals surface area contributed by atoms with E-state index in [-0.39, 0.29) is 5.41 Å². The van der Waals surface area contributed by atoms with Gasteiger partial charge >= 0.3 is 0 Å². The average Bonchev–Trinajstić information content (AvgIpc) is 2.29. The molecule has 3 heteroatoms. The molecule has 1 aromatic rings. The Morgan fingerprint density at radius 1 is 1.29 bits per heavy atom. The zero-order valence-electron chi connectivity index (χ0n) is 10.7. The van der Waals surface area contributed by atoms with Gasteiger partial charge in [-0.05, 0) is 30.5 Å². The highest BCUT2D eigenvalue weighted by Gasteiger charge is 2.39. The van der Waals surface area contributed by atoms with Gasteiger partial charge in [-0.15, -0.1) is 0 Å². The molecule has 17 heavy (non-hydrogen) atoms. The van der Waals surface area contributed by atoms with Gasteiger partial charge in [0.25, 0.3) is 0 Å². The topological polar surface area (TPSA) is 44.5 Å². The second kappa shape index (κ2) is 5.07. The van der Waals surface area contributed by atoms with Crippen molar-refractivity contribution in [3.8, 4) is 5.75 Å². The zero-order chi connectivity index (χ0) is 12.3. The summed E-state index contributed by atoms with van der Waals surface area (Å²) in [5, 5.41) is 0. The molecule has 0 spiro atoms. The first kappa shape index (κ1) is 12.4. The first-order valence-electron chi connectivity index (χ1n) is 6.12. The first-order chi connectivity index (χ1) is 8.25. The second-order valence-corrected chi connectivity index (χ2v) is 4.81. The van der Waals surface area contributed by atoms with Gasteiger partial charge in [-0.1, -0.05) is 12.5 Å². The lowest BCUT2D eigenvalue weighted by Crippen LogP contribution is -2.41. The molecule has 2 N–H and O–H groups in total. The second-order valence-electron chi connectivity index (χ2n) is 4.81. The van der Waals surface area contributed by atoms with Gasteiger partial charge in [0, 0.05) is 24.6 Å². The molecular formula is C14H21NO2. The van der Waals surface area contributed by atoms with Crippen LogP contribution in [0.3, 0.4) is 0 Å². The standard InChI is InChI=1S/C14H21NO2/c1-16-9-11-4-5-13(17-2)12(8-11)14(10-15)6-3-7-14/h4-5,8H,3,6-7,9-10,15H2,1-2H3. The van der Waals surface area contributed by atoms with E-state index in [1.54, 1.807) is 14.2 Å². The normalized spacial score (nSPS) is 17.6. The molecule has 0 bridgehead atoms. The monoisotopic (exact) mass is 235 g/mol. The van der Waals surface area contributed by atoms with Crippen LogP contribution in [0, 0.1) is 0 Å². The fraction of sp³-hybridized carbons (Fsp3) is 0.571. The van der Waals surface area contributed by atoms with Crippen LogP contribution in [-0.4, -0.2) is 20.8 Å². The van der Waals surface area contributed by atoms with Crippen molar-refractivity contribution in [2.24, 2.45) is 5.73 Å². The van der Waals surface area contributed by atoms with Crippen LogP contribution in [0.4, 0.5) is 0 Å². The maximum Gasteiger partial charge on any atom is 0.122 e. The van der Waals surface area contributed by atoms with E-state index < -0.39 is 0 Å². The van der Waals surface area contributed by atoms with Crippen LogP contribution < -0.4 is 10.5 Å². The van der Waals surface area contributed by atoms with Crippen molar-refractivity contribution in [2.75, 3.05) is 20.8 Å². The molecule has 0 atom stereocenters. The van der Waals surface area contributed by atoms with Crippen LogP contribution in [0.5, 0.6) is 5.75 Å². The minimum absolute atomic E-state index is 0.134. The Morgan fingerprint density at radius 3 is 2.53 bits per heavy atom. The highest BCUT2D eigenvalue weighted by atomic mass is 16.5. The highest BCUT2D eigenvalue weighted by Crippen LogP contribution is 2.46. The molecule has 0 aromatic heterocycles. The Morgan fingerprint density at radius 2 is 2.06 bits per heavy atom. The molecule has 1 fully saturated rings. The average molecular weight is 235 g/mol. The van der Waals surface area contributed by atoms with Crippen LogP contribution in [0.1, 0.15) is 30.4 Å². The van der Waals surface area contributed by atoms with Crippen molar-refractivity contribution in [2.45, 2.75) is 31.3 Å². The molecule has 1 aliphatic carbocycles. The molecule has 1 aliphatic rings. The molecule has 3 nitrogen and oxygen atoms in total. The van der Waals surface area contributed by atoms with E-state index in [2.05, 4.69) is 12.1 Å². The molecule has 0 saturated heterocycles. The predicted octanol–water partition coefficient (Wildman–Crippen LogP) is 2.22. The van der Waals surface area contributed by atoms with E-state index in [4.69, 9.17) is 15.2 Å². The lowest BCUT2D eigenvalue weighted by atomic mass is 9.64. The summed E-state index contributed by atoms with van der Waals surface area (Å²) in [6.07, 6.45) is 3.58. The molecule has 0 aliphatic heterocycles. The third-order valence-corrected chi connectivity index (χ3v) is 3.85. The summed E-state index contributed by atoms with van der Waals surface area (Å²) in [6.45, 7) is 1.33. The van der Waals surface area contributed by atoms with E-state index in [1.807, 2.05) is 6.07 Å². The van der Waals surface area contributed by atoms with Crippen LogP contribution in [0.2, 0.25) is 0 Å². The predicted molar refractivity (Wildman–Crippen MR) is 68.3 cm³/mol. The van der Waals surface area contributed by atoms with E-state index in [0.29, 0.717) is 13.2 Å². The van der Waals surface area contributed by atoms with Crippen LogP contribution in [-0.2, 0) is 16.8 Å². The number of ether oxygens (including phenoxy) is 2. The Balaban J connectivity index is 2.38. The SMILES string of the molecule is COCc1ccc(OC)c(C2(CN)CCC2)c1. The van der Waals surface area contributed by atoms with Crippen LogP contribution in [0.15, 0.2) is 18.2 Å². The Labute approximate surface area is 103 Å². The third kappa shape index (κ3) is 2.17. The number of rotatable bonds is 5. The lowest BCUT2D eigenvalue weighted by molar-refractivity contribution is 0.184. The van der Waals surface area contributed by atoms with Gasteiger partial charge in [0.2, 0.25) is 0 Å². The molecular weight excluding hydrogens is 214 g/mol. The summed E-state index contributed by atoms with van der Waals surface area (Å²) >= 11 is 0. The van der Waals surface area contributed by atoms with Gasteiger partial charge < -0.3 is 15.2 Å². The van der Waals surface area contributed by atoms with Gasteiger partial charge in [-0.2, -0.15) is 0 Å². The summed E-state index contributed by atoms with van der Waals surface area (Å²) in [5.41, 5.74) is 8.53. The molecule has 0 radical (unpaired) electrons. The molecule has 1 saturated carbocycles. The fourth-order valence-corrected chi connectivity index (χ4v) is 2.61. The van der Waals surface area contributed by atoms with Gasteiger partial charge in [-0.25, -0.2) is 0 Å². The number of benzene rings is 1. The largest absolute Gasteiger partial charge is 0.496 e. The lowest BCUT2D eigenvalue weighted by Gasteiger charge is -2.42. The number of methoxy groups -OCH3 is 2. The first-order valence-corrected chi connectivity index (χ1v) is 6.12. The van der Waals surface area contributed by atoms with Crippen LogP contribution >= 0.6 is 0 Å². The van der Waals surface area contributed by atoms with Crippen molar-refractivity contribution in [1.82, 2.24) is 0 Å².